The molecule has 0 aromatic heterocycles. The van der Waals surface area contributed by atoms with E-state index in [1.165, 1.54) is 11.8 Å². The van der Waals surface area contributed by atoms with Crippen molar-refractivity contribution in [1.29, 1.82) is 0 Å². The maximum Gasteiger partial charge on any atom is 0.243 e. The molecule has 2 aromatic carbocycles. The molecular formula is C25H29Cl3N2O2S. The maximum absolute atomic E-state index is 13.4. The molecule has 2 amide bonds. The van der Waals surface area contributed by atoms with Gasteiger partial charge in [0.25, 0.3) is 0 Å². The summed E-state index contributed by atoms with van der Waals surface area (Å²) in [6.45, 7) is 2.11. The Hall–Kier alpha value is -1.40. The van der Waals surface area contributed by atoms with Gasteiger partial charge in [-0.2, -0.15) is 0 Å². The highest BCUT2D eigenvalue weighted by Crippen LogP contribution is 2.28. The van der Waals surface area contributed by atoms with Gasteiger partial charge in [-0.1, -0.05) is 72.8 Å². The van der Waals surface area contributed by atoms with Gasteiger partial charge in [0, 0.05) is 39.0 Å². The average molecular weight is 528 g/mol. The number of hydrogen-bond donors (Lipinski definition) is 1. The second kappa shape index (κ2) is 12.9. The standard InChI is InChI=1S/C25H29Cl3N2O2S/c1-2-23(25(32)29-19-6-3-4-7-19)30(14-20-21(27)8-5-9-22(20)28)24(31)16-33-15-17-10-12-18(26)13-11-17/h5,8-13,19,23H,2-4,6-7,14-16H2,1H3,(H,29,32)/t23-/m1/s1. The molecule has 33 heavy (non-hydrogen) atoms. The van der Waals surface area contributed by atoms with Gasteiger partial charge in [-0.05, 0) is 49.1 Å². The molecule has 1 saturated carbocycles. The number of halogens is 3. The van der Waals surface area contributed by atoms with Crippen molar-refractivity contribution in [3.63, 3.8) is 0 Å². The minimum Gasteiger partial charge on any atom is -0.352 e. The zero-order chi connectivity index (χ0) is 23.8. The Morgan fingerprint density at radius 3 is 2.30 bits per heavy atom. The summed E-state index contributed by atoms with van der Waals surface area (Å²) >= 11 is 20.3. The number of carbonyl (C=O) groups is 2. The van der Waals surface area contributed by atoms with Crippen LogP contribution < -0.4 is 5.32 Å². The van der Waals surface area contributed by atoms with Crippen LogP contribution in [0.2, 0.25) is 15.1 Å². The molecule has 1 fully saturated rings. The number of amides is 2. The lowest BCUT2D eigenvalue weighted by Gasteiger charge is -2.32. The second-order valence-electron chi connectivity index (χ2n) is 8.26. The zero-order valence-electron chi connectivity index (χ0n) is 18.7. The molecule has 0 spiro atoms. The van der Waals surface area contributed by atoms with E-state index in [4.69, 9.17) is 34.8 Å². The monoisotopic (exact) mass is 526 g/mol. The van der Waals surface area contributed by atoms with Crippen molar-refractivity contribution in [2.45, 2.75) is 63.4 Å². The Morgan fingerprint density at radius 1 is 1.06 bits per heavy atom. The second-order valence-corrected chi connectivity index (χ2v) is 10.5. The molecule has 1 aliphatic carbocycles. The van der Waals surface area contributed by atoms with Crippen LogP contribution in [0, 0.1) is 0 Å². The van der Waals surface area contributed by atoms with Crippen LogP contribution in [0.3, 0.4) is 0 Å². The molecule has 0 radical (unpaired) electrons. The molecule has 0 unspecified atom stereocenters. The average Bonchev–Trinajstić information content (AvgIpc) is 3.30. The smallest absolute Gasteiger partial charge is 0.243 e. The number of rotatable bonds is 10. The minimum atomic E-state index is -0.582. The first-order chi connectivity index (χ1) is 15.9. The summed E-state index contributed by atoms with van der Waals surface area (Å²) in [5.41, 5.74) is 1.74. The SMILES string of the molecule is CC[C@H](C(=O)NC1CCCC1)N(Cc1c(Cl)cccc1Cl)C(=O)CSCc1ccc(Cl)cc1. The Morgan fingerprint density at radius 2 is 1.70 bits per heavy atom. The zero-order valence-corrected chi connectivity index (χ0v) is 21.7. The fourth-order valence-corrected chi connectivity index (χ4v) is 5.57. The lowest BCUT2D eigenvalue weighted by molar-refractivity contribution is -0.139. The molecule has 2 aromatic rings. The van der Waals surface area contributed by atoms with E-state index in [2.05, 4.69) is 5.32 Å². The Labute approximate surface area is 215 Å². The van der Waals surface area contributed by atoms with E-state index in [0.29, 0.717) is 32.8 Å². The van der Waals surface area contributed by atoms with Crippen LogP contribution >= 0.6 is 46.6 Å². The fraction of sp³-hybridized carbons (Fsp3) is 0.440. The van der Waals surface area contributed by atoms with E-state index < -0.39 is 6.04 Å². The summed E-state index contributed by atoms with van der Waals surface area (Å²) in [5.74, 6) is 0.703. The van der Waals surface area contributed by atoms with Gasteiger partial charge in [-0.3, -0.25) is 9.59 Å². The van der Waals surface area contributed by atoms with E-state index in [-0.39, 0.29) is 30.2 Å². The van der Waals surface area contributed by atoms with Crippen LogP contribution in [0.15, 0.2) is 42.5 Å². The number of benzene rings is 2. The van der Waals surface area contributed by atoms with Gasteiger partial charge in [0.15, 0.2) is 0 Å². The van der Waals surface area contributed by atoms with Gasteiger partial charge in [0.05, 0.1) is 5.75 Å². The summed E-state index contributed by atoms with van der Waals surface area (Å²) in [4.78, 5) is 28.2. The highest BCUT2D eigenvalue weighted by Gasteiger charge is 2.31. The molecule has 0 heterocycles. The van der Waals surface area contributed by atoms with Crippen molar-refractivity contribution in [2.75, 3.05) is 5.75 Å². The van der Waals surface area contributed by atoms with Crippen LogP contribution in [0.4, 0.5) is 0 Å². The van der Waals surface area contributed by atoms with Crippen molar-refractivity contribution < 1.29 is 9.59 Å². The molecule has 0 bridgehead atoms. The van der Waals surface area contributed by atoms with E-state index in [1.54, 1.807) is 23.1 Å². The van der Waals surface area contributed by atoms with Gasteiger partial charge < -0.3 is 10.2 Å². The van der Waals surface area contributed by atoms with E-state index >= 15 is 0 Å². The minimum absolute atomic E-state index is 0.108. The Bertz CT molecular complexity index is 929. The number of hydrogen-bond acceptors (Lipinski definition) is 3. The summed E-state index contributed by atoms with van der Waals surface area (Å²) in [5, 5.41) is 4.80. The molecule has 0 aliphatic heterocycles. The third-order valence-electron chi connectivity index (χ3n) is 5.89. The predicted octanol–water partition coefficient (Wildman–Crippen LogP) is 6.75. The summed E-state index contributed by atoms with van der Waals surface area (Å²) in [6.07, 6.45) is 4.74. The molecule has 0 saturated heterocycles. The van der Waals surface area contributed by atoms with E-state index in [9.17, 15) is 9.59 Å². The summed E-state index contributed by atoms with van der Waals surface area (Å²) in [6, 6.07) is 12.5. The largest absolute Gasteiger partial charge is 0.352 e. The number of carbonyl (C=O) groups excluding carboxylic acids is 2. The first-order valence-electron chi connectivity index (χ1n) is 11.2. The molecule has 8 heteroatoms. The first-order valence-corrected chi connectivity index (χ1v) is 13.5. The topological polar surface area (TPSA) is 49.4 Å². The number of nitrogens with one attached hydrogen (secondary N) is 1. The molecule has 1 aliphatic rings. The lowest BCUT2D eigenvalue weighted by atomic mass is 10.1. The highest BCUT2D eigenvalue weighted by molar-refractivity contribution is 7.99. The normalized spacial score (nSPS) is 14.8. The van der Waals surface area contributed by atoms with E-state index in [1.807, 2.05) is 31.2 Å². The molecule has 3 rings (SSSR count). The van der Waals surface area contributed by atoms with Gasteiger partial charge in [-0.15, -0.1) is 11.8 Å². The molecule has 1 N–H and O–H groups in total. The first kappa shape index (κ1) is 26.2. The highest BCUT2D eigenvalue weighted by atomic mass is 35.5. The third-order valence-corrected chi connectivity index (χ3v) is 7.83. The van der Waals surface area contributed by atoms with Gasteiger partial charge >= 0.3 is 0 Å². The van der Waals surface area contributed by atoms with Gasteiger partial charge in [-0.25, -0.2) is 0 Å². The molecular weight excluding hydrogens is 499 g/mol. The molecule has 1 atom stereocenters. The van der Waals surface area contributed by atoms with Crippen LogP contribution in [-0.2, 0) is 21.9 Å². The maximum atomic E-state index is 13.4. The van der Waals surface area contributed by atoms with Crippen molar-refractivity contribution in [1.82, 2.24) is 10.2 Å². The van der Waals surface area contributed by atoms with Crippen LogP contribution in [0.1, 0.15) is 50.2 Å². The summed E-state index contributed by atoms with van der Waals surface area (Å²) in [7, 11) is 0. The number of nitrogens with zero attached hydrogens (tertiary/aromatic N) is 1. The van der Waals surface area contributed by atoms with Crippen LogP contribution in [0.5, 0.6) is 0 Å². The van der Waals surface area contributed by atoms with Crippen LogP contribution in [0.25, 0.3) is 0 Å². The van der Waals surface area contributed by atoms with Gasteiger partial charge in [0.2, 0.25) is 11.8 Å². The Balaban J connectivity index is 1.74. The predicted molar refractivity (Wildman–Crippen MR) is 139 cm³/mol. The lowest BCUT2D eigenvalue weighted by Crippen LogP contribution is -2.51. The quantitative estimate of drug-likeness (QED) is 0.372. The van der Waals surface area contributed by atoms with Crippen molar-refractivity contribution in [3.05, 3.63) is 68.7 Å². The van der Waals surface area contributed by atoms with Crippen LogP contribution in [-0.4, -0.2) is 34.6 Å². The summed E-state index contributed by atoms with van der Waals surface area (Å²) < 4.78 is 0. The van der Waals surface area contributed by atoms with Gasteiger partial charge in [0.1, 0.15) is 6.04 Å². The molecule has 4 nitrogen and oxygen atoms in total. The van der Waals surface area contributed by atoms with E-state index in [0.717, 1.165) is 31.2 Å². The van der Waals surface area contributed by atoms with Crippen molar-refractivity contribution in [3.8, 4) is 0 Å². The van der Waals surface area contributed by atoms with Crippen molar-refractivity contribution >= 4 is 58.4 Å². The number of thioether (sulfide) groups is 1. The Kier molecular flexibility index (Phi) is 10.2. The third kappa shape index (κ3) is 7.54. The molecule has 178 valence electrons. The fourth-order valence-electron chi connectivity index (χ4n) is 4.06. The van der Waals surface area contributed by atoms with Crippen molar-refractivity contribution in [2.24, 2.45) is 0 Å².